The molecule has 1 saturated carbocycles. The Balaban J connectivity index is 2.26. The van der Waals surface area contributed by atoms with Crippen LogP contribution in [0.1, 0.15) is 32.6 Å². The van der Waals surface area contributed by atoms with E-state index in [1.807, 2.05) is 6.21 Å². The normalized spacial score (nSPS) is 28.6. The molecule has 2 heteroatoms. The Kier molecular flexibility index (Phi) is 4.39. The third-order valence-electron chi connectivity index (χ3n) is 2.65. The lowest BCUT2D eigenvalue weighted by Gasteiger charge is -2.24. The van der Waals surface area contributed by atoms with Gasteiger partial charge in [0.05, 0.1) is 0 Å². The van der Waals surface area contributed by atoms with E-state index in [1.165, 1.54) is 25.7 Å². The van der Waals surface area contributed by atoms with Crippen molar-refractivity contribution in [3.8, 4) is 12.3 Å². The highest BCUT2D eigenvalue weighted by molar-refractivity contribution is 5.60. The van der Waals surface area contributed by atoms with Crippen molar-refractivity contribution in [2.24, 2.45) is 17.0 Å². The van der Waals surface area contributed by atoms with Crippen LogP contribution < -0.4 is 0 Å². The highest BCUT2D eigenvalue weighted by Gasteiger charge is 2.19. The van der Waals surface area contributed by atoms with Crippen molar-refractivity contribution in [1.29, 1.82) is 0 Å². The number of hydrogen-bond acceptors (Lipinski definition) is 2. The number of hydrogen-bond donors (Lipinski definition) is 0. The van der Waals surface area contributed by atoms with Gasteiger partial charge in [0.2, 0.25) is 0 Å². The molecule has 0 heterocycles. The highest BCUT2D eigenvalue weighted by Crippen LogP contribution is 2.27. The lowest BCUT2D eigenvalue weighted by molar-refractivity contribution is 0.177. The molecule has 1 aliphatic carbocycles. The maximum atomic E-state index is 5.03. The van der Waals surface area contributed by atoms with Crippen LogP contribution in [-0.2, 0) is 4.84 Å². The first kappa shape index (κ1) is 10.1. The van der Waals surface area contributed by atoms with Gasteiger partial charge in [0.15, 0.2) is 6.61 Å². The molecule has 0 spiro atoms. The van der Waals surface area contributed by atoms with Gasteiger partial charge < -0.3 is 4.84 Å². The van der Waals surface area contributed by atoms with Gasteiger partial charge in [0.25, 0.3) is 0 Å². The van der Waals surface area contributed by atoms with Crippen LogP contribution in [0.25, 0.3) is 0 Å². The Morgan fingerprint density at radius 3 is 3.00 bits per heavy atom. The van der Waals surface area contributed by atoms with Crippen molar-refractivity contribution >= 4 is 6.21 Å². The van der Waals surface area contributed by atoms with Gasteiger partial charge in [-0.3, -0.25) is 0 Å². The molecule has 1 fully saturated rings. The molecule has 0 bridgehead atoms. The van der Waals surface area contributed by atoms with Gasteiger partial charge in [-0.15, -0.1) is 6.42 Å². The molecule has 2 nitrogen and oxygen atoms in total. The summed E-state index contributed by atoms with van der Waals surface area (Å²) in [4.78, 5) is 4.87. The lowest BCUT2D eigenvalue weighted by atomic mass is 9.81. The van der Waals surface area contributed by atoms with Crippen LogP contribution in [0.3, 0.4) is 0 Å². The average Bonchev–Trinajstić information content (AvgIpc) is 2.15. The minimum atomic E-state index is 0.275. The third-order valence-corrected chi connectivity index (χ3v) is 2.65. The molecule has 0 amide bonds. The molecule has 1 rings (SSSR count). The summed E-state index contributed by atoms with van der Waals surface area (Å²) in [6.07, 6.45) is 12.2. The molecule has 0 aromatic rings. The molecule has 2 atom stereocenters. The molecule has 72 valence electrons. The second kappa shape index (κ2) is 5.64. The van der Waals surface area contributed by atoms with Crippen molar-refractivity contribution in [3.05, 3.63) is 0 Å². The lowest BCUT2D eigenvalue weighted by Crippen LogP contribution is -2.17. The average molecular weight is 179 g/mol. The summed E-state index contributed by atoms with van der Waals surface area (Å²) in [5.41, 5.74) is 0. The van der Waals surface area contributed by atoms with Crippen LogP contribution in [0.2, 0.25) is 0 Å². The van der Waals surface area contributed by atoms with Gasteiger partial charge in [0.1, 0.15) is 0 Å². The van der Waals surface area contributed by atoms with Gasteiger partial charge in [-0.25, -0.2) is 0 Å². The fraction of sp³-hybridized carbons (Fsp3) is 0.727. The Labute approximate surface area is 80.3 Å². The zero-order valence-corrected chi connectivity index (χ0v) is 8.20. The summed E-state index contributed by atoms with van der Waals surface area (Å²) >= 11 is 0. The zero-order chi connectivity index (χ0) is 9.52. The predicted octanol–water partition coefficient (Wildman–Crippen LogP) is 2.45. The SMILES string of the molecule is C#CCO/N=C/C1CCCCC1C. The van der Waals surface area contributed by atoms with E-state index >= 15 is 0 Å². The van der Waals surface area contributed by atoms with E-state index < -0.39 is 0 Å². The summed E-state index contributed by atoms with van der Waals surface area (Å²) in [6.45, 7) is 2.55. The number of terminal acetylenes is 1. The Hall–Kier alpha value is -0.970. The van der Waals surface area contributed by atoms with Gasteiger partial charge in [0, 0.05) is 12.1 Å². The van der Waals surface area contributed by atoms with E-state index in [0.29, 0.717) is 5.92 Å². The van der Waals surface area contributed by atoms with E-state index in [0.717, 1.165) is 5.92 Å². The number of nitrogens with zero attached hydrogens (tertiary/aromatic N) is 1. The molecule has 0 radical (unpaired) electrons. The zero-order valence-electron chi connectivity index (χ0n) is 8.20. The Bertz CT molecular complexity index is 205. The van der Waals surface area contributed by atoms with Crippen LogP contribution in [0, 0.1) is 24.2 Å². The van der Waals surface area contributed by atoms with Crippen LogP contribution in [0.4, 0.5) is 0 Å². The van der Waals surface area contributed by atoms with Crippen molar-refractivity contribution in [3.63, 3.8) is 0 Å². The summed E-state index contributed by atoms with van der Waals surface area (Å²) in [7, 11) is 0. The molecule has 1 aliphatic rings. The van der Waals surface area contributed by atoms with E-state index in [4.69, 9.17) is 11.3 Å². The molecule has 0 aromatic heterocycles. The molecule has 0 aliphatic heterocycles. The second-order valence-electron chi connectivity index (χ2n) is 3.66. The third kappa shape index (κ3) is 3.50. The molecular weight excluding hydrogens is 162 g/mol. The summed E-state index contributed by atoms with van der Waals surface area (Å²) < 4.78 is 0. The first-order valence-corrected chi connectivity index (χ1v) is 4.93. The van der Waals surface area contributed by atoms with Crippen molar-refractivity contribution < 1.29 is 4.84 Å². The van der Waals surface area contributed by atoms with Crippen LogP contribution in [0.15, 0.2) is 5.16 Å². The molecular formula is C11H17NO. The minimum Gasteiger partial charge on any atom is -0.383 e. The first-order chi connectivity index (χ1) is 6.34. The number of rotatable bonds is 3. The van der Waals surface area contributed by atoms with E-state index in [1.54, 1.807) is 0 Å². The van der Waals surface area contributed by atoms with E-state index in [9.17, 15) is 0 Å². The van der Waals surface area contributed by atoms with Crippen molar-refractivity contribution in [2.75, 3.05) is 6.61 Å². The maximum absolute atomic E-state index is 5.03. The monoisotopic (exact) mass is 179 g/mol. The van der Waals surface area contributed by atoms with Crippen LogP contribution in [0.5, 0.6) is 0 Å². The highest BCUT2D eigenvalue weighted by atomic mass is 16.6. The fourth-order valence-electron chi connectivity index (χ4n) is 1.76. The second-order valence-corrected chi connectivity index (χ2v) is 3.66. The summed E-state index contributed by atoms with van der Waals surface area (Å²) in [5, 5.41) is 3.87. The topological polar surface area (TPSA) is 21.6 Å². The molecule has 2 unspecified atom stereocenters. The van der Waals surface area contributed by atoms with Gasteiger partial charge in [-0.1, -0.05) is 37.3 Å². The number of oxime groups is 1. The van der Waals surface area contributed by atoms with Gasteiger partial charge in [-0.2, -0.15) is 0 Å². The Morgan fingerprint density at radius 1 is 1.54 bits per heavy atom. The predicted molar refractivity (Wildman–Crippen MR) is 54.4 cm³/mol. The molecule has 13 heavy (non-hydrogen) atoms. The molecule has 0 aromatic carbocycles. The largest absolute Gasteiger partial charge is 0.383 e. The smallest absolute Gasteiger partial charge is 0.177 e. The van der Waals surface area contributed by atoms with Crippen LogP contribution >= 0.6 is 0 Å². The van der Waals surface area contributed by atoms with E-state index in [-0.39, 0.29) is 6.61 Å². The maximum Gasteiger partial charge on any atom is 0.177 e. The van der Waals surface area contributed by atoms with E-state index in [2.05, 4.69) is 18.0 Å². The Morgan fingerprint density at radius 2 is 2.31 bits per heavy atom. The standard InChI is InChI=1S/C11H17NO/c1-3-8-13-12-9-11-7-5-4-6-10(11)2/h1,9-11H,4-8H2,2H3/b12-9+. The van der Waals surface area contributed by atoms with Crippen LogP contribution in [-0.4, -0.2) is 12.8 Å². The molecule has 0 N–H and O–H groups in total. The quantitative estimate of drug-likeness (QED) is 0.282. The fourth-order valence-corrected chi connectivity index (χ4v) is 1.76. The first-order valence-electron chi connectivity index (χ1n) is 4.93. The van der Waals surface area contributed by atoms with Crippen molar-refractivity contribution in [1.82, 2.24) is 0 Å². The minimum absolute atomic E-state index is 0.275. The van der Waals surface area contributed by atoms with Crippen molar-refractivity contribution in [2.45, 2.75) is 32.6 Å². The van der Waals surface area contributed by atoms with Gasteiger partial charge in [-0.05, 0) is 12.3 Å². The summed E-state index contributed by atoms with van der Waals surface area (Å²) in [6, 6.07) is 0. The molecule has 0 saturated heterocycles. The summed E-state index contributed by atoms with van der Waals surface area (Å²) in [5.74, 6) is 3.71. The van der Waals surface area contributed by atoms with Gasteiger partial charge >= 0.3 is 0 Å².